The number of hydrogen-bond donors (Lipinski definition) is 1. The SMILES string of the molecule is CCOc1ccc(-n2c(O)c(/C=N/c3ccccn3)c3ccccc3c2=O)cc1. The van der Waals surface area contributed by atoms with Crippen molar-refractivity contribution in [2.75, 3.05) is 6.61 Å². The van der Waals surface area contributed by atoms with Crippen molar-refractivity contribution in [1.29, 1.82) is 0 Å². The van der Waals surface area contributed by atoms with Crippen molar-refractivity contribution in [2.24, 2.45) is 4.99 Å². The fourth-order valence-corrected chi connectivity index (χ4v) is 3.15. The highest BCUT2D eigenvalue weighted by atomic mass is 16.5. The second kappa shape index (κ2) is 7.98. The summed E-state index contributed by atoms with van der Waals surface area (Å²) in [6.07, 6.45) is 3.18. The quantitative estimate of drug-likeness (QED) is 0.521. The van der Waals surface area contributed by atoms with Crippen molar-refractivity contribution in [3.63, 3.8) is 0 Å². The smallest absolute Gasteiger partial charge is 0.265 e. The Morgan fingerprint density at radius 2 is 1.76 bits per heavy atom. The molecule has 2 aromatic heterocycles. The van der Waals surface area contributed by atoms with Crippen molar-refractivity contribution in [1.82, 2.24) is 9.55 Å². The molecule has 0 aliphatic rings. The normalized spacial score (nSPS) is 11.2. The number of hydrogen-bond acceptors (Lipinski definition) is 5. The van der Waals surface area contributed by atoms with Crippen molar-refractivity contribution < 1.29 is 9.84 Å². The summed E-state index contributed by atoms with van der Waals surface area (Å²) in [4.78, 5) is 21.6. The number of rotatable bonds is 5. The Hall–Kier alpha value is -3.93. The van der Waals surface area contributed by atoms with E-state index >= 15 is 0 Å². The third-order valence-corrected chi connectivity index (χ3v) is 4.48. The largest absolute Gasteiger partial charge is 0.494 e. The first-order chi connectivity index (χ1) is 14.2. The lowest BCUT2D eigenvalue weighted by atomic mass is 10.1. The maximum Gasteiger partial charge on any atom is 0.265 e. The number of ether oxygens (including phenoxy) is 1. The van der Waals surface area contributed by atoms with Gasteiger partial charge in [0.25, 0.3) is 5.56 Å². The summed E-state index contributed by atoms with van der Waals surface area (Å²) in [5.41, 5.74) is 0.672. The highest BCUT2D eigenvalue weighted by Gasteiger charge is 2.16. The fourth-order valence-electron chi connectivity index (χ4n) is 3.15. The van der Waals surface area contributed by atoms with Crippen LogP contribution in [0, 0.1) is 0 Å². The molecule has 0 amide bonds. The molecule has 0 unspecified atom stereocenters. The third-order valence-electron chi connectivity index (χ3n) is 4.48. The molecule has 0 bridgehead atoms. The lowest BCUT2D eigenvalue weighted by Crippen LogP contribution is -2.20. The molecule has 0 atom stereocenters. The van der Waals surface area contributed by atoms with Gasteiger partial charge in [0.1, 0.15) is 5.75 Å². The summed E-state index contributed by atoms with van der Waals surface area (Å²) in [6.45, 7) is 2.45. The molecule has 0 aliphatic carbocycles. The molecule has 4 rings (SSSR count). The van der Waals surface area contributed by atoms with Gasteiger partial charge in [-0.1, -0.05) is 24.3 Å². The van der Waals surface area contributed by atoms with E-state index in [0.717, 1.165) is 0 Å². The van der Waals surface area contributed by atoms with Crippen molar-refractivity contribution in [2.45, 2.75) is 6.92 Å². The molecule has 0 spiro atoms. The summed E-state index contributed by atoms with van der Waals surface area (Å²) in [5.74, 6) is 1.02. The van der Waals surface area contributed by atoms with E-state index in [9.17, 15) is 9.90 Å². The molecular formula is C23H19N3O3. The first-order valence-corrected chi connectivity index (χ1v) is 9.24. The average Bonchev–Trinajstić information content (AvgIpc) is 2.76. The fraction of sp³-hybridized carbons (Fsp3) is 0.0870. The van der Waals surface area contributed by atoms with E-state index in [1.807, 2.05) is 19.1 Å². The number of aromatic nitrogens is 2. The summed E-state index contributed by atoms with van der Waals surface area (Å²) < 4.78 is 6.74. The van der Waals surface area contributed by atoms with Crippen molar-refractivity contribution in [3.8, 4) is 17.3 Å². The summed E-state index contributed by atoms with van der Waals surface area (Å²) >= 11 is 0. The molecule has 6 heteroatoms. The second-order valence-corrected chi connectivity index (χ2v) is 6.30. The summed E-state index contributed by atoms with van der Waals surface area (Å²) in [5, 5.41) is 12.1. The summed E-state index contributed by atoms with van der Waals surface area (Å²) in [7, 11) is 0. The van der Waals surface area contributed by atoms with Gasteiger partial charge in [0, 0.05) is 23.2 Å². The Balaban J connectivity index is 1.91. The average molecular weight is 385 g/mol. The zero-order valence-electron chi connectivity index (χ0n) is 15.8. The second-order valence-electron chi connectivity index (χ2n) is 6.30. The van der Waals surface area contributed by atoms with E-state index in [1.54, 1.807) is 60.8 Å². The van der Waals surface area contributed by atoms with Gasteiger partial charge in [0.15, 0.2) is 5.82 Å². The minimum Gasteiger partial charge on any atom is -0.494 e. The molecule has 6 nitrogen and oxygen atoms in total. The van der Waals surface area contributed by atoms with Crippen LogP contribution in [0.4, 0.5) is 5.82 Å². The van der Waals surface area contributed by atoms with Crippen molar-refractivity contribution >= 4 is 22.8 Å². The van der Waals surface area contributed by atoms with Crippen LogP contribution in [0.25, 0.3) is 16.5 Å². The van der Waals surface area contributed by atoms with Gasteiger partial charge >= 0.3 is 0 Å². The van der Waals surface area contributed by atoms with Crippen LogP contribution in [-0.2, 0) is 0 Å². The van der Waals surface area contributed by atoms with Crippen LogP contribution in [0.5, 0.6) is 11.6 Å². The number of nitrogens with zero attached hydrogens (tertiary/aromatic N) is 3. The Kier molecular flexibility index (Phi) is 5.07. The van der Waals surface area contributed by atoms with E-state index in [0.29, 0.717) is 40.2 Å². The number of aliphatic imine (C=N–C) groups is 1. The van der Waals surface area contributed by atoms with Gasteiger partial charge < -0.3 is 9.84 Å². The summed E-state index contributed by atoms with van der Waals surface area (Å²) in [6, 6.07) is 19.5. The maximum atomic E-state index is 13.1. The van der Waals surface area contributed by atoms with Gasteiger partial charge in [-0.15, -0.1) is 0 Å². The number of fused-ring (bicyclic) bond motifs is 1. The number of aromatic hydroxyl groups is 1. The third kappa shape index (κ3) is 3.60. The molecule has 0 saturated carbocycles. The lowest BCUT2D eigenvalue weighted by Gasteiger charge is -2.14. The predicted octanol–water partition coefficient (Wildman–Crippen LogP) is 4.24. The standard InChI is InChI=1S/C23H19N3O3/c1-2-29-17-12-10-16(11-13-17)26-22(27)19-8-4-3-7-18(19)20(23(26)28)15-25-21-9-5-6-14-24-21/h3-15,28H,2H2,1H3/b25-15+. The van der Waals surface area contributed by atoms with Gasteiger partial charge in [0.05, 0.1) is 17.9 Å². The molecular weight excluding hydrogens is 366 g/mol. The minimum absolute atomic E-state index is 0.183. The molecule has 144 valence electrons. The van der Waals surface area contributed by atoms with Gasteiger partial charge in [-0.3, -0.25) is 4.79 Å². The first-order valence-electron chi connectivity index (χ1n) is 9.24. The van der Waals surface area contributed by atoms with Crippen LogP contribution in [0.3, 0.4) is 0 Å². The topological polar surface area (TPSA) is 76.7 Å². The number of benzene rings is 2. The molecule has 0 saturated heterocycles. The minimum atomic E-state index is -0.308. The van der Waals surface area contributed by atoms with Gasteiger partial charge in [-0.2, -0.15) is 0 Å². The Morgan fingerprint density at radius 3 is 2.45 bits per heavy atom. The monoisotopic (exact) mass is 385 g/mol. The van der Waals surface area contributed by atoms with E-state index in [1.165, 1.54) is 10.8 Å². The lowest BCUT2D eigenvalue weighted by molar-refractivity contribution is 0.340. The molecule has 29 heavy (non-hydrogen) atoms. The molecule has 0 fully saturated rings. The van der Waals surface area contributed by atoms with Crippen LogP contribution < -0.4 is 10.3 Å². The zero-order valence-corrected chi connectivity index (χ0v) is 15.8. The molecule has 4 aromatic rings. The van der Waals surface area contributed by atoms with E-state index in [-0.39, 0.29) is 11.4 Å². The highest BCUT2D eigenvalue weighted by molar-refractivity contribution is 6.02. The Bertz CT molecular complexity index is 1230. The number of pyridine rings is 2. The maximum absolute atomic E-state index is 13.1. The predicted molar refractivity (Wildman–Crippen MR) is 114 cm³/mol. The van der Waals surface area contributed by atoms with Crippen LogP contribution in [0.2, 0.25) is 0 Å². The van der Waals surface area contributed by atoms with Crippen LogP contribution in [0.15, 0.2) is 82.7 Å². The molecule has 0 aliphatic heterocycles. The van der Waals surface area contributed by atoms with Gasteiger partial charge in [0.2, 0.25) is 5.88 Å². The molecule has 2 heterocycles. The first kappa shape index (κ1) is 18.4. The van der Waals surface area contributed by atoms with E-state index < -0.39 is 0 Å². The Labute approximate surface area is 167 Å². The van der Waals surface area contributed by atoms with Gasteiger partial charge in [-0.25, -0.2) is 14.5 Å². The van der Waals surface area contributed by atoms with Crippen LogP contribution >= 0.6 is 0 Å². The van der Waals surface area contributed by atoms with E-state index in [4.69, 9.17) is 4.74 Å². The van der Waals surface area contributed by atoms with Crippen LogP contribution in [-0.4, -0.2) is 27.5 Å². The van der Waals surface area contributed by atoms with Crippen molar-refractivity contribution in [3.05, 3.63) is 88.8 Å². The molecule has 2 aromatic carbocycles. The van der Waals surface area contributed by atoms with Crippen LogP contribution in [0.1, 0.15) is 12.5 Å². The molecule has 1 N–H and O–H groups in total. The van der Waals surface area contributed by atoms with E-state index in [2.05, 4.69) is 9.98 Å². The highest BCUT2D eigenvalue weighted by Crippen LogP contribution is 2.27. The van der Waals surface area contributed by atoms with Gasteiger partial charge in [-0.05, 0) is 49.4 Å². The Morgan fingerprint density at radius 1 is 1.03 bits per heavy atom. The molecule has 0 radical (unpaired) electrons. The zero-order chi connectivity index (χ0) is 20.2.